The second-order valence-electron chi connectivity index (χ2n) is 9.41. The molecular formula is C33H55NO3. The van der Waals surface area contributed by atoms with Gasteiger partial charge in [-0.2, -0.15) is 0 Å². The molecule has 0 aliphatic heterocycles. The molecule has 1 amide bonds. The molecule has 3 N–H and O–H groups in total. The summed E-state index contributed by atoms with van der Waals surface area (Å²) in [5.41, 5.74) is 0. The molecule has 0 heterocycles. The van der Waals surface area contributed by atoms with Gasteiger partial charge in [-0.15, -0.1) is 0 Å². The number of hydrogen-bond donors (Lipinski definition) is 3. The van der Waals surface area contributed by atoms with Crippen LogP contribution in [0.15, 0.2) is 72.9 Å². The Morgan fingerprint density at radius 1 is 0.676 bits per heavy atom. The van der Waals surface area contributed by atoms with Crippen LogP contribution in [-0.2, 0) is 4.79 Å². The molecule has 0 aromatic carbocycles. The molecule has 2 unspecified atom stereocenters. The molecule has 210 valence electrons. The molecule has 4 nitrogen and oxygen atoms in total. The fraction of sp³-hybridized carbons (Fsp3) is 0.606. The van der Waals surface area contributed by atoms with Gasteiger partial charge in [-0.05, 0) is 70.6 Å². The van der Waals surface area contributed by atoms with Gasteiger partial charge in [-0.3, -0.25) is 4.79 Å². The van der Waals surface area contributed by atoms with Gasteiger partial charge in [0.15, 0.2) is 0 Å². The van der Waals surface area contributed by atoms with Crippen molar-refractivity contribution >= 4 is 5.91 Å². The van der Waals surface area contributed by atoms with Crippen LogP contribution in [-0.4, -0.2) is 34.9 Å². The topological polar surface area (TPSA) is 69.6 Å². The first-order valence-corrected chi connectivity index (χ1v) is 14.7. The van der Waals surface area contributed by atoms with Gasteiger partial charge in [-0.1, -0.05) is 106 Å². The fourth-order valence-corrected chi connectivity index (χ4v) is 3.62. The Kier molecular flexibility index (Phi) is 26.7. The zero-order chi connectivity index (χ0) is 27.2. The zero-order valence-corrected chi connectivity index (χ0v) is 23.7. The maximum absolute atomic E-state index is 12.2. The van der Waals surface area contributed by atoms with E-state index in [2.05, 4.69) is 79.9 Å². The van der Waals surface area contributed by atoms with Crippen molar-refractivity contribution in [2.45, 2.75) is 122 Å². The van der Waals surface area contributed by atoms with Crippen LogP contribution in [0.2, 0.25) is 0 Å². The lowest BCUT2D eigenvalue weighted by Crippen LogP contribution is -2.45. The predicted molar refractivity (Wildman–Crippen MR) is 160 cm³/mol. The number of carbonyl (C=O) groups excluding carboxylic acids is 1. The number of rotatable bonds is 24. The zero-order valence-electron chi connectivity index (χ0n) is 23.7. The van der Waals surface area contributed by atoms with E-state index in [0.29, 0.717) is 6.42 Å². The molecule has 0 fully saturated rings. The van der Waals surface area contributed by atoms with Gasteiger partial charge in [0, 0.05) is 6.42 Å². The van der Waals surface area contributed by atoms with E-state index in [1.807, 2.05) is 6.08 Å². The van der Waals surface area contributed by atoms with Gasteiger partial charge in [0.25, 0.3) is 0 Å². The summed E-state index contributed by atoms with van der Waals surface area (Å²) in [6.07, 6.45) is 39.7. The number of nitrogens with one attached hydrogen (secondary N) is 1. The second-order valence-corrected chi connectivity index (χ2v) is 9.41. The fourth-order valence-electron chi connectivity index (χ4n) is 3.62. The molecule has 0 bridgehead atoms. The second kappa shape index (κ2) is 28.4. The van der Waals surface area contributed by atoms with Crippen molar-refractivity contribution < 1.29 is 15.0 Å². The number of allylic oxidation sites excluding steroid dienone is 11. The van der Waals surface area contributed by atoms with Gasteiger partial charge in [0.2, 0.25) is 5.91 Å². The lowest BCUT2D eigenvalue weighted by molar-refractivity contribution is -0.123. The van der Waals surface area contributed by atoms with Gasteiger partial charge < -0.3 is 15.5 Å². The molecule has 0 saturated carbocycles. The van der Waals surface area contributed by atoms with Crippen LogP contribution >= 0.6 is 0 Å². The SMILES string of the molecule is CC/C=C\C/C=C\C/C=C\CCCCCC(=O)NC(CO)C(O)/C=C/CC/C=C/CC/C=C/CCCC. The van der Waals surface area contributed by atoms with E-state index in [1.165, 1.54) is 19.3 Å². The molecule has 0 aromatic heterocycles. The molecule has 0 aliphatic carbocycles. The molecule has 0 saturated heterocycles. The highest BCUT2D eigenvalue weighted by molar-refractivity contribution is 5.76. The standard InChI is InChI=1S/C33H55NO3/c1-3-5-7-9-11-13-15-17-19-21-23-25-27-29-33(37)34-31(30-35)32(36)28-26-24-22-20-18-16-14-12-10-8-6-4-2/h5,7,10-13,17-20,26,28,31-32,35-36H,3-4,6,8-9,14-16,21-25,27,29-30H2,1-2H3,(H,34,37)/b7-5-,12-10+,13-11-,19-17-,20-18+,28-26+. The summed E-state index contributed by atoms with van der Waals surface area (Å²) < 4.78 is 0. The molecule has 2 atom stereocenters. The molecular weight excluding hydrogens is 458 g/mol. The Balaban J connectivity index is 3.88. The number of hydrogen-bond acceptors (Lipinski definition) is 3. The van der Waals surface area contributed by atoms with Crippen molar-refractivity contribution in [1.29, 1.82) is 0 Å². The molecule has 0 spiro atoms. The third-order valence-corrected chi connectivity index (χ3v) is 5.90. The Morgan fingerprint density at radius 3 is 1.84 bits per heavy atom. The van der Waals surface area contributed by atoms with Crippen LogP contribution < -0.4 is 5.32 Å². The van der Waals surface area contributed by atoms with Gasteiger partial charge in [0.05, 0.1) is 18.8 Å². The van der Waals surface area contributed by atoms with Crippen LogP contribution in [0.25, 0.3) is 0 Å². The van der Waals surface area contributed by atoms with Crippen molar-refractivity contribution in [2.75, 3.05) is 6.61 Å². The summed E-state index contributed by atoms with van der Waals surface area (Å²) in [5.74, 6) is -0.115. The van der Waals surface area contributed by atoms with E-state index < -0.39 is 12.1 Å². The van der Waals surface area contributed by atoms with Gasteiger partial charge in [0.1, 0.15) is 0 Å². The van der Waals surface area contributed by atoms with E-state index in [9.17, 15) is 15.0 Å². The molecule has 0 aliphatic rings. The maximum atomic E-state index is 12.2. The quantitative estimate of drug-likeness (QED) is 0.0903. The molecule has 0 rings (SSSR count). The van der Waals surface area contributed by atoms with E-state index in [-0.39, 0.29) is 12.5 Å². The van der Waals surface area contributed by atoms with E-state index in [4.69, 9.17) is 0 Å². The van der Waals surface area contributed by atoms with E-state index in [0.717, 1.165) is 70.6 Å². The highest BCUT2D eigenvalue weighted by atomic mass is 16.3. The summed E-state index contributed by atoms with van der Waals surface area (Å²) in [6, 6.07) is -0.660. The van der Waals surface area contributed by atoms with Crippen molar-refractivity contribution in [2.24, 2.45) is 0 Å². The number of carbonyl (C=O) groups is 1. The average molecular weight is 514 g/mol. The summed E-state index contributed by atoms with van der Waals surface area (Å²) in [4.78, 5) is 12.2. The van der Waals surface area contributed by atoms with Crippen molar-refractivity contribution in [3.8, 4) is 0 Å². The Labute approximate surface area is 228 Å². The van der Waals surface area contributed by atoms with Gasteiger partial charge in [-0.25, -0.2) is 0 Å². The Morgan fingerprint density at radius 2 is 1.22 bits per heavy atom. The Bertz CT molecular complexity index is 688. The summed E-state index contributed by atoms with van der Waals surface area (Å²) in [5, 5.41) is 22.6. The van der Waals surface area contributed by atoms with Crippen LogP contribution in [0.4, 0.5) is 0 Å². The number of aliphatic hydroxyl groups is 2. The smallest absolute Gasteiger partial charge is 0.220 e. The van der Waals surface area contributed by atoms with E-state index >= 15 is 0 Å². The highest BCUT2D eigenvalue weighted by Gasteiger charge is 2.17. The minimum absolute atomic E-state index is 0.115. The first-order valence-electron chi connectivity index (χ1n) is 14.7. The van der Waals surface area contributed by atoms with Crippen LogP contribution in [0.1, 0.15) is 110 Å². The lowest BCUT2D eigenvalue weighted by Gasteiger charge is -2.19. The summed E-state index contributed by atoms with van der Waals surface area (Å²) >= 11 is 0. The largest absolute Gasteiger partial charge is 0.394 e. The van der Waals surface area contributed by atoms with Crippen LogP contribution in [0, 0.1) is 0 Å². The summed E-state index contributed by atoms with van der Waals surface area (Å²) in [6.45, 7) is 4.07. The van der Waals surface area contributed by atoms with Crippen LogP contribution in [0.3, 0.4) is 0 Å². The number of amides is 1. The highest BCUT2D eigenvalue weighted by Crippen LogP contribution is 2.06. The predicted octanol–water partition coefficient (Wildman–Crippen LogP) is 8.05. The first-order chi connectivity index (χ1) is 18.2. The molecule has 37 heavy (non-hydrogen) atoms. The van der Waals surface area contributed by atoms with Crippen molar-refractivity contribution in [1.82, 2.24) is 5.32 Å². The van der Waals surface area contributed by atoms with E-state index in [1.54, 1.807) is 6.08 Å². The number of aliphatic hydroxyl groups excluding tert-OH is 2. The van der Waals surface area contributed by atoms with Crippen LogP contribution in [0.5, 0.6) is 0 Å². The first kappa shape index (κ1) is 34.8. The minimum atomic E-state index is -0.881. The van der Waals surface area contributed by atoms with Crippen molar-refractivity contribution in [3.63, 3.8) is 0 Å². The minimum Gasteiger partial charge on any atom is -0.394 e. The Hall–Kier alpha value is -2.17. The average Bonchev–Trinajstić information content (AvgIpc) is 2.90. The molecule has 0 aromatic rings. The molecule has 4 heteroatoms. The van der Waals surface area contributed by atoms with Crippen molar-refractivity contribution in [3.05, 3.63) is 72.9 Å². The monoisotopic (exact) mass is 513 g/mol. The third kappa shape index (κ3) is 25.3. The normalized spacial score (nSPS) is 14.4. The maximum Gasteiger partial charge on any atom is 0.220 e. The van der Waals surface area contributed by atoms with Gasteiger partial charge >= 0.3 is 0 Å². The lowest BCUT2D eigenvalue weighted by atomic mass is 10.1. The molecule has 0 radical (unpaired) electrons. The third-order valence-electron chi connectivity index (χ3n) is 5.90. The summed E-state index contributed by atoms with van der Waals surface area (Å²) in [7, 11) is 0. The number of unbranched alkanes of at least 4 members (excludes halogenated alkanes) is 7.